The molecule has 15 heavy (non-hydrogen) atoms. The molecule has 4 heteroatoms. The molecule has 2 N–H and O–H groups in total. The highest BCUT2D eigenvalue weighted by Gasteiger charge is 2.03. The number of hydrogen-bond donors (Lipinski definition) is 1. The monoisotopic (exact) mass is 223 g/mol. The molecule has 0 amide bonds. The zero-order chi connectivity index (χ0) is 11.3. The van der Waals surface area contributed by atoms with E-state index in [1.165, 1.54) is 5.56 Å². The van der Waals surface area contributed by atoms with Crippen molar-refractivity contribution in [2.24, 2.45) is 5.73 Å². The van der Waals surface area contributed by atoms with Crippen molar-refractivity contribution in [3.63, 3.8) is 0 Å². The van der Waals surface area contributed by atoms with Crippen LogP contribution < -0.4 is 5.73 Å². The fourth-order valence-corrected chi connectivity index (χ4v) is 1.88. The van der Waals surface area contributed by atoms with Gasteiger partial charge in [0, 0.05) is 23.7 Å². The highest BCUT2D eigenvalue weighted by Crippen LogP contribution is 2.16. The molecule has 1 heterocycles. The van der Waals surface area contributed by atoms with Crippen LogP contribution >= 0.6 is 11.8 Å². The van der Waals surface area contributed by atoms with Crippen molar-refractivity contribution < 1.29 is 0 Å². The normalized spacial score (nSPS) is 11.2. The molecule has 0 spiro atoms. The van der Waals surface area contributed by atoms with Gasteiger partial charge in [-0.3, -0.25) is 0 Å². The van der Waals surface area contributed by atoms with Crippen molar-refractivity contribution in [3.8, 4) is 0 Å². The van der Waals surface area contributed by atoms with Gasteiger partial charge < -0.3 is 5.73 Å². The molecule has 0 aliphatic carbocycles. The first-order valence-corrected chi connectivity index (χ1v) is 5.93. The molecule has 1 aromatic heterocycles. The van der Waals surface area contributed by atoms with E-state index in [0.717, 1.165) is 22.3 Å². The molecule has 1 rings (SSSR count). The Bertz CT molecular complexity index is 338. The number of aryl methyl sites for hydroxylation is 2. The smallest absolute Gasteiger partial charge is 0.188 e. The second-order valence-electron chi connectivity index (χ2n) is 3.32. The quantitative estimate of drug-likeness (QED) is 0.482. The first-order valence-electron chi connectivity index (χ1n) is 4.95. The molecule has 0 fully saturated rings. The summed E-state index contributed by atoms with van der Waals surface area (Å²) in [6.45, 7) is 6.67. The fourth-order valence-electron chi connectivity index (χ4n) is 1.09. The Morgan fingerprint density at radius 1 is 1.13 bits per heavy atom. The van der Waals surface area contributed by atoms with Crippen molar-refractivity contribution in [1.82, 2.24) is 9.97 Å². The summed E-state index contributed by atoms with van der Waals surface area (Å²) in [6, 6.07) is 0. The third kappa shape index (κ3) is 3.64. The van der Waals surface area contributed by atoms with Crippen LogP contribution in [-0.2, 0) is 0 Å². The molecule has 0 aromatic carbocycles. The molecule has 0 saturated carbocycles. The summed E-state index contributed by atoms with van der Waals surface area (Å²) in [7, 11) is 0. The van der Waals surface area contributed by atoms with Crippen LogP contribution in [0.15, 0.2) is 17.3 Å². The Balaban J connectivity index is 2.66. The lowest BCUT2D eigenvalue weighted by Gasteiger charge is -2.05. The minimum Gasteiger partial charge on any atom is -0.327 e. The number of nitrogens with zero attached hydrogens (tertiary/aromatic N) is 2. The topological polar surface area (TPSA) is 51.8 Å². The highest BCUT2D eigenvalue weighted by atomic mass is 32.2. The summed E-state index contributed by atoms with van der Waals surface area (Å²) >= 11 is 1.63. The van der Waals surface area contributed by atoms with E-state index in [1.54, 1.807) is 11.8 Å². The molecule has 3 nitrogen and oxygen atoms in total. The van der Waals surface area contributed by atoms with Crippen molar-refractivity contribution in [2.45, 2.75) is 25.9 Å². The summed E-state index contributed by atoms with van der Waals surface area (Å²) in [5, 5.41) is 0.845. The molecule has 1 aromatic rings. The van der Waals surface area contributed by atoms with Gasteiger partial charge in [0.25, 0.3) is 0 Å². The van der Waals surface area contributed by atoms with Crippen molar-refractivity contribution >= 4 is 11.8 Å². The van der Waals surface area contributed by atoms with Crippen molar-refractivity contribution in [3.05, 3.63) is 29.1 Å². The number of thioether (sulfide) groups is 1. The summed E-state index contributed by atoms with van der Waals surface area (Å²) in [4.78, 5) is 8.84. The van der Waals surface area contributed by atoms with Gasteiger partial charge in [0.05, 0.1) is 0 Å². The Kier molecular flexibility index (Phi) is 4.78. The van der Waals surface area contributed by atoms with Crippen LogP contribution in [0.4, 0.5) is 0 Å². The third-order valence-corrected chi connectivity index (χ3v) is 3.02. The SMILES string of the molecule is Cc1nc(SCC=CCN)nc(C)c1C. The summed E-state index contributed by atoms with van der Waals surface area (Å²) in [5.74, 6) is 0.874. The third-order valence-electron chi connectivity index (χ3n) is 2.22. The molecule has 0 radical (unpaired) electrons. The molecule has 0 aliphatic heterocycles. The van der Waals surface area contributed by atoms with E-state index in [4.69, 9.17) is 5.73 Å². The van der Waals surface area contributed by atoms with Crippen LogP contribution in [0.2, 0.25) is 0 Å². The van der Waals surface area contributed by atoms with Crippen LogP contribution in [0.5, 0.6) is 0 Å². The van der Waals surface area contributed by atoms with E-state index in [1.807, 2.05) is 32.9 Å². The molecule has 82 valence electrons. The molecule has 0 aliphatic rings. The minimum absolute atomic E-state index is 0.591. The van der Waals surface area contributed by atoms with E-state index < -0.39 is 0 Å². The van der Waals surface area contributed by atoms with Gasteiger partial charge in [0.1, 0.15) is 0 Å². The Labute approximate surface area is 95.2 Å². The largest absolute Gasteiger partial charge is 0.327 e. The van der Waals surface area contributed by atoms with Crippen LogP contribution in [0, 0.1) is 20.8 Å². The zero-order valence-corrected chi connectivity index (χ0v) is 10.3. The minimum atomic E-state index is 0.591. The average molecular weight is 223 g/mol. The van der Waals surface area contributed by atoms with Gasteiger partial charge in [-0.1, -0.05) is 23.9 Å². The Morgan fingerprint density at radius 2 is 1.73 bits per heavy atom. The van der Waals surface area contributed by atoms with Gasteiger partial charge in [-0.15, -0.1) is 0 Å². The first kappa shape index (κ1) is 12.2. The highest BCUT2D eigenvalue weighted by molar-refractivity contribution is 7.99. The summed E-state index contributed by atoms with van der Waals surface area (Å²) < 4.78 is 0. The molecular weight excluding hydrogens is 206 g/mol. The van der Waals surface area contributed by atoms with Gasteiger partial charge in [-0.25, -0.2) is 9.97 Å². The summed E-state index contributed by atoms with van der Waals surface area (Å²) in [6.07, 6.45) is 3.99. The fraction of sp³-hybridized carbons (Fsp3) is 0.455. The molecule has 0 saturated heterocycles. The summed E-state index contributed by atoms with van der Waals surface area (Å²) in [5.41, 5.74) is 8.65. The number of rotatable bonds is 4. The lowest BCUT2D eigenvalue weighted by atomic mass is 10.2. The predicted octanol–water partition coefficient (Wildman–Crippen LogP) is 2.01. The van der Waals surface area contributed by atoms with Gasteiger partial charge >= 0.3 is 0 Å². The molecule has 0 atom stereocenters. The van der Waals surface area contributed by atoms with E-state index in [0.29, 0.717) is 6.54 Å². The second kappa shape index (κ2) is 5.88. The predicted molar refractivity (Wildman–Crippen MR) is 65.2 cm³/mol. The maximum Gasteiger partial charge on any atom is 0.188 e. The lowest BCUT2D eigenvalue weighted by molar-refractivity contribution is 0.882. The van der Waals surface area contributed by atoms with E-state index in [-0.39, 0.29) is 0 Å². The lowest BCUT2D eigenvalue weighted by Crippen LogP contribution is -1.98. The van der Waals surface area contributed by atoms with Crippen LogP contribution in [0.3, 0.4) is 0 Å². The standard InChI is InChI=1S/C11H17N3S/c1-8-9(2)13-11(14-10(8)3)15-7-5-4-6-12/h4-5H,6-7,12H2,1-3H3. The van der Waals surface area contributed by atoms with Crippen molar-refractivity contribution in [2.75, 3.05) is 12.3 Å². The maximum absolute atomic E-state index is 5.35. The number of aromatic nitrogens is 2. The van der Waals surface area contributed by atoms with E-state index in [2.05, 4.69) is 9.97 Å². The van der Waals surface area contributed by atoms with Crippen molar-refractivity contribution in [1.29, 1.82) is 0 Å². The maximum atomic E-state index is 5.35. The van der Waals surface area contributed by atoms with Gasteiger partial charge in [-0.05, 0) is 26.3 Å². The Morgan fingerprint density at radius 3 is 2.27 bits per heavy atom. The van der Waals surface area contributed by atoms with Crippen LogP contribution in [0.1, 0.15) is 17.0 Å². The van der Waals surface area contributed by atoms with E-state index >= 15 is 0 Å². The zero-order valence-electron chi connectivity index (χ0n) is 9.45. The number of hydrogen-bond acceptors (Lipinski definition) is 4. The van der Waals surface area contributed by atoms with Gasteiger partial charge in [0.2, 0.25) is 0 Å². The second-order valence-corrected chi connectivity index (χ2v) is 4.31. The first-order chi connectivity index (χ1) is 7.15. The molecule has 0 bridgehead atoms. The van der Waals surface area contributed by atoms with E-state index in [9.17, 15) is 0 Å². The number of nitrogens with two attached hydrogens (primary N) is 1. The van der Waals surface area contributed by atoms with Gasteiger partial charge in [0.15, 0.2) is 5.16 Å². The molecular formula is C11H17N3S. The van der Waals surface area contributed by atoms with Crippen LogP contribution in [0.25, 0.3) is 0 Å². The Hall–Kier alpha value is -0.870. The van der Waals surface area contributed by atoms with Gasteiger partial charge in [-0.2, -0.15) is 0 Å². The van der Waals surface area contributed by atoms with Crippen LogP contribution in [-0.4, -0.2) is 22.3 Å². The average Bonchev–Trinajstić information content (AvgIpc) is 2.21. The molecule has 0 unspecified atom stereocenters.